The van der Waals surface area contributed by atoms with Gasteiger partial charge in [-0.05, 0) is 30.7 Å². The molecule has 98 valence electrons. The largest absolute Gasteiger partial charge is 0.331 e. The van der Waals surface area contributed by atoms with Crippen LogP contribution in [0.25, 0.3) is 11.0 Å². The summed E-state index contributed by atoms with van der Waals surface area (Å²) in [5, 5.41) is 8.98. The summed E-state index contributed by atoms with van der Waals surface area (Å²) >= 11 is 0. The molecule has 3 rings (SSSR count). The van der Waals surface area contributed by atoms with E-state index < -0.39 is 0 Å². The molecule has 0 N–H and O–H groups in total. The van der Waals surface area contributed by atoms with Crippen molar-refractivity contribution in [2.45, 2.75) is 13.3 Å². The molecule has 0 saturated carbocycles. The van der Waals surface area contributed by atoms with Crippen molar-refractivity contribution in [2.75, 3.05) is 0 Å². The van der Waals surface area contributed by atoms with E-state index in [1.54, 1.807) is 0 Å². The average molecular weight is 261 g/mol. The van der Waals surface area contributed by atoms with E-state index in [9.17, 15) is 0 Å². The Kier molecular flexibility index (Phi) is 3.00. The normalized spacial score (nSPS) is 10.7. The van der Waals surface area contributed by atoms with E-state index in [1.165, 1.54) is 11.1 Å². The van der Waals surface area contributed by atoms with Gasteiger partial charge in [-0.25, -0.2) is 4.98 Å². The minimum atomic E-state index is 0.669. The Morgan fingerprint density at radius 1 is 1.20 bits per heavy atom. The molecule has 3 nitrogen and oxygen atoms in total. The third-order valence-electron chi connectivity index (χ3n) is 3.55. The lowest BCUT2D eigenvalue weighted by Crippen LogP contribution is -1.99. The lowest BCUT2D eigenvalue weighted by Gasteiger charge is -2.03. The van der Waals surface area contributed by atoms with Crippen molar-refractivity contribution >= 4 is 11.0 Å². The number of nitrogens with zero attached hydrogens (tertiary/aromatic N) is 3. The van der Waals surface area contributed by atoms with Crippen molar-refractivity contribution in [2.24, 2.45) is 7.05 Å². The number of aromatic nitrogens is 2. The van der Waals surface area contributed by atoms with Gasteiger partial charge >= 0.3 is 0 Å². The quantitative estimate of drug-likeness (QED) is 0.710. The highest BCUT2D eigenvalue weighted by molar-refractivity contribution is 5.77. The highest BCUT2D eigenvalue weighted by Gasteiger charge is 2.09. The van der Waals surface area contributed by atoms with Crippen molar-refractivity contribution in [3.05, 3.63) is 65.0 Å². The molecule has 0 radical (unpaired) electrons. The van der Waals surface area contributed by atoms with Crippen LogP contribution in [0.2, 0.25) is 0 Å². The predicted octanol–water partition coefficient (Wildman–Crippen LogP) is 3.34. The van der Waals surface area contributed by atoms with E-state index in [0.717, 1.165) is 23.3 Å². The maximum absolute atomic E-state index is 8.98. The fourth-order valence-electron chi connectivity index (χ4n) is 2.47. The molecule has 1 heterocycles. The third kappa shape index (κ3) is 2.17. The summed E-state index contributed by atoms with van der Waals surface area (Å²) in [7, 11) is 2.00. The molecular formula is C17H15N3. The summed E-state index contributed by atoms with van der Waals surface area (Å²) < 4.78 is 2.07. The molecule has 0 aliphatic heterocycles. The number of aryl methyl sites for hydroxylation is 2. The fourth-order valence-corrected chi connectivity index (χ4v) is 2.47. The monoisotopic (exact) mass is 261 g/mol. The maximum atomic E-state index is 8.98. The molecule has 20 heavy (non-hydrogen) atoms. The van der Waals surface area contributed by atoms with E-state index in [4.69, 9.17) is 5.26 Å². The zero-order chi connectivity index (χ0) is 14.1. The lowest BCUT2D eigenvalue weighted by atomic mass is 10.1. The first-order valence-electron chi connectivity index (χ1n) is 6.58. The Morgan fingerprint density at radius 2 is 2.05 bits per heavy atom. The maximum Gasteiger partial charge on any atom is 0.114 e. The zero-order valence-electron chi connectivity index (χ0n) is 11.6. The second kappa shape index (κ2) is 4.82. The van der Waals surface area contributed by atoms with Gasteiger partial charge in [0.15, 0.2) is 0 Å². The molecule has 1 aromatic heterocycles. The van der Waals surface area contributed by atoms with Gasteiger partial charge in [-0.2, -0.15) is 5.26 Å². The van der Waals surface area contributed by atoms with Gasteiger partial charge < -0.3 is 4.57 Å². The summed E-state index contributed by atoms with van der Waals surface area (Å²) in [6.07, 6.45) is 0.800. The minimum Gasteiger partial charge on any atom is -0.331 e. The van der Waals surface area contributed by atoms with Gasteiger partial charge in [-0.3, -0.25) is 0 Å². The third-order valence-corrected chi connectivity index (χ3v) is 3.55. The van der Waals surface area contributed by atoms with E-state index in [0.29, 0.717) is 5.56 Å². The van der Waals surface area contributed by atoms with Crippen LogP contribution in [0.15, 0.2) is 42.5 Å². The predicted molar refractivity (Wildman–Crippen MR) is 79.4 cm³/mol. The first kappa shape index (κ1) is 12.4. The topological polar surface area (TPSA) is 41.6 Å². The minimum absolute atomic E-state index is 0.669. The molecule has 0 unspecified atom stereocenters. The van der Waals surface area contributed by atoms with Gasteiger partial charge in [0.25, 0.3) is 0 Å². The smallest absolute Gasteiger partial charge is 0.114 e. The van der Waals surface area contributed by atoms with Gasteiger partial charge in [-0.1, -0.05) is 29.8 Å². The number of hydrogen-bond donors (Lipinski definition) is 0. The standard InChI is InChI=1S/C17H15N3/c1-12-4-3-5-13(8-12)10-17-19-15-7-6-14(11-18)9-16(15)20(17)2/h3-9H,10H2,1-2H3. The molecule has 0 bridgehead atoms. The molecule has 0 spiro atoms. The van der Waals surface area contributed by atoms with Gasteiger partial charge in [-0.15, -0.1) is 0 Å². The lowest BCUT2D eigenvalue weighted by molar-refractivity contribution is 0.844. The second-order valence-electron chi connectivity index (χ2n) is 5.07. The van der Waals surface area contributed by atoms with Gasteiger partial charge in [0, 0.05) is 13.5 Å². The molecule has 0 atom stereocenters. The van der Waals surface area contributed by atoms with Crippen LogP contribution in [0.5, 0.6) is 0 Å². The van der Waals surface area contributed by atoms with Crippen molar-refractivity contribution in [1.29, 1.82) is 5.26 Å². The highest BCUT2D eigenvalue weighted by atomic mass is 15.1. The SMILES string of the molecule is Cc1cccc(Cc2nc3ccc(C#N)cc3n2C)c1. The Hall–Kier alpha value is -2.60. The van der Waals surface area contributed by atoms with Crippen LogP contribution in [-0.4, -0.2) is 9.55 Å². The van der Waals surface area contributed by atoms with Crippen LogP contribution in [0, 0.1) is 18.3 Å². The highest BCUT2D eigenvalue weighted by Crippen LogP contribution is 2.19. The number of fused-ring (bicyclic) bond motifs is 1. The van der Waals surface area contributed by atoms with E-state index >= 15 is 0 Å². The van der Waals surface area contributed by atoms with Crippen LogP contribution in [-0.2, 0) is 13.5 Å². The molecule has 2 aromatic carbocycles. The van der Waals surface area contributed by atoms with Crippen LogP contribution in [0.1, 0.15) is 22.5 Å². The number of imidazole rings is 1. The van der Waals surface area contributed by atoms with Crippen molar-refractivity contribution < 1.29 is 0 Å². The van der Waals surface area contributed by atoms with Gasteiger partial charge in [0.05, 0.1) is 22.7 Å². The Bertz CT molecular complexity index is 822. The van der Waals surface area contributed by atoms with E-state index in [1.807, 2.05) is 25.2 Å². The number of hydrogen-bond acceptors (Lipinski definition) is 2. The van der Waals surface area contributed by atoms with Crippen molar-refractivity contribution in [3.63, 3.8) is 0 Å². The van der Waals surface area contributed by atoms with E-state index in [-0.39, 0.29) is 0 Å². The molecule has 0 amide bonds. The Morgan fingerprint density at radius 3 is 2.80 bits per heavy atom. The van der Waals surface area contributed by atoms with Crippen molar-refractivity contribution in [3.8, 4) is 6.07 Å². The van der Waals surface area contributed by atoms with E-state index in [2.05, 4.69) is 46.8 Å². The number of nitriles is 1. The number of benzene rings is 2. The summed E-state index contributed by atoms with van der Waals surface area (Å²) in [6.45, 7) is 2.09. The number of rotatable bonds is 2. The Balaban J connectivity index is 2.04. The van der Waals surface area contributed by atoms with Crippen molar-refractivity contribution in [1.82, 2.24) is 9.55 Å². The summed E-state index contributed by atoms with van der Waals surface area (Å²) in [5.74, 6) is 1.01. The van der Waals surface area contributed by atoms with Crippen LogP contribution < -0.4 is 0 Å². The second-order valence-corrected chi connectivity index (χ2v) is 5.07. The average Bonchev–Trinajstić information content (AvgIpc) is 2.75. The summed E-state index contributed by atoms with van der Waals surface area (Å²) in [5.41, 5.74) is 5.13. The summed E-state index contributed by atoms with van der Waals surface area (Å²) in [6, 6.07) is 16.2. The summed E-state index contributed by atoms with van der Waals surface area (Å²) in [4.78, 5) is 4.67. The molecule has 0 saturated heterocycles. The zero-order valence-corrected chi connectivity index (χ0v) is 11.6. The molecule has 3 aromatic rings. The first-order chi connectivity index (χ1) is 9.67. The molecule has 3 heteroatoms. The molecule has 0 aliphatic rings. The fraction of sp³-hybridized carbons (Fsp3) is 0.176. The van der Waals surface area contributed by atoms with Crippen LogP contribution >= 0.6 is 0 Å². The molecule has 0 fully saturated rings. The first-order valence-corrected chi connectivity index (χ1v) is 6.58. The van der Waals surface area contributed by atoms with Crippen LogP contribution in [0.4, 0.5) is 0 Å². The molecular weight excluding hydrogens is 246 g/mol. The van der Waals surface area contributed by atoms with Gasteiger partial charge in [0.1, 0.15) is 5.82 Å². The van der Waals surface area contributed by atoms with Gasteiger partial charge in [0.2, 0.25) is 0 Å². The Labute approximate surface area is 118 Å². The van der Waals surface area contributed by atoms with Crippen LogP contribution in [0.3, 0.4) is 0 Å². The molecule has 0 aliphatic carbocycles.